The molecular formula is C25H34N6O3. The summed E-state index contributed by atoms with van der Waals surface area (Å²) in [5, 5.41) is 11.7. The molecule has 2 aliphatic heterocycles. The number of amides is 3. The van der Waals surface area contributed by atoms with Gasteiger partial charge in [-0.05, 0) is 38.8 Å². The van der Waals surface area contributed by atoms with Gasteiger partial charge in [0.2, 0.25) is 5.91 Å². The van der Waals surface area contributed by atoms with E-state index in [1.54, 1.807) is 4.90 Å². The molecule has 2 aliphatic rings. The molecule has 2 fully saturated rings. The molecule has 0 aliphatic carbocycles. The Hall–Kier alpha value is -3.20. The fourth-order valence-corrected chi connectivity index (χ4v) is 4.30. The quantitative estimate of drug-likeness (QED) is 0.674. The summed E-state index contributed by atoms with van der Waals surface area (Å²) in [5.41, 5.74) is 1.87. The molecule has 4 rings (SSSR count). The van der Waals surface area contributed by atoms with Gasteiger partial charge in [0.25, 0.3) is 0 Å². The second kappa shape index (κ2) is 11.3. The van der Waals surface area contributed by atoms with Crippen LogP contribution in [0, 0.1) is 0 Å². The standard InChI is InChI=1S/C25H34N6O3/c1-19(2)26-25(33)31(17-21-9-6-16-34-21)18-24(32)30-14-12-29(13-15-30)23-11-10-22(27-28-23)20-7-4-3-5-8-20/h3-5,7-8,10-11,19,21H,6,9,12-18H2,1-2H3,(H,26,33). The van der Waals surface area contributed by atoms with E-state index < -0.39 is 0 Å². The van der Waals surface area contributed by atoms with Crippen molar-refractivity contribution in [2.45, 2.75) is 38.8 Å². The highest BCUT2D eigenvalue weighted by molar-refractivity contribution is 5.84. The largest absolute Gasteiger partial charge is 0.376 e. The second-order valence-electron chi connectivity index (χ2n) is 9.13. The van der Waals surface area contributed by atoms with Crippen LogP contribution < -0.4 is 10.2 Å². The molecule has 0 bridgehead atoms. The number of hydrogen-bond donors (Lipinski definition) is 1. The minimum atomic E-state index is -0.216. The Morgan fingerprint density at radius 3 is 2.47 bits per heavy atom. The molecule has 1 N–H and O–H groups in total. The van der Waals surface area contributed by atoms with Crippen molar-refractivity contribution >= 4 is 17.8 Å². The first-order valence-corrected chi connectivity index (χ1v) is 12.1. The normalized spacial score (nSPS) is 18.3. The van der Waals surface area contributed by atoms with Crippen molar-refractivity contribution in [1.82, 2.24) is 25.3 Å². The Kier molecular flexibility index (Phi) is 7.95. The fourth-order valence-electron chi connectivity index (χ4n) is 4.30. The van der Waals surface area contributed by atoms with E-state index in [1.807, 2.05) is 61.2 Å². The van der Waals surface area contributed by atoms with Gasteiger partial charge in [-0.15, -0.1) is 10.2 Å². The highest BCUT2D eigenvalue weighted by Gasteiger charge is 2.28. The molecule has 1 atom stereocenters. The first kappa shape index (κ1) is 23.9. The van der Waals surface area contributed by atoms with Crippen LogP contribution in [0.1, 0.15) is 26.7 Å². The van der Waals surface area contributed by atoms with E-state index in [1.165, 1.54) is 0 Å². The van der Waals surface area contributed by atoms with Crippen molar-refractivity contribution in [2.75, 3.05) is 50.8 Å². The molecule has 2 aromatic rings. The molecule has 3 amide bonds. The second-order valence-corrected chi connectivity index (χ2v) is 9.13. The topological polar surface area (TPSA) is 90.9 Å². The number of carbonyl (C=O) groups excluding carboxylic acids is 2. The van der Waals surface area contributed by atoms with Gasteiger partial charge in [-0.2, -0.15) is 0 Å². The van der Waals surface area contributed by atoms with Crippen LogP contribution in [0.3, 0.4) is 0 Å². The van der Waals surface area contributed by atoms with Crippen LogP contribution >= 0.6 is 0 Å². The molecule has 9 heteroatoms. The van der Waals surface area contributed by atoms with Gasteiger partial charge in [0.1, 0.15) is 6.54 Å². The zero-order valence-electron chi connectivity index (χ0n) is 20.0. The van der Waals surface area contributed by atoms with E-state index in [4.69, 9.17) is 4.74 Å². The van der Waals surface area contributed by atoms with Crippen molar-refractivity contribution in [2.24, 2.45) is 0 Å². The minimum Gasteiger partial charge on any atom is -0.376 e. The lowest BCUT2D eigenvalue weighted by molar-refractivity contribution is -0.132. The summed E-state index contributed by atoms with van der Waals surface area (Å²) < 4.78 is 5.70. The molecule has 0 spiro atoms. The predicted molar refractivity (Wildman–Crippen MR) is 130 cm³/mol. The van der Waals surface area contributed by atoms with Crippen LogP contribution in [0.5, 0.6) is 0 Å². The number of urea groups is 1. The summed E-state index contributed by atoms with van der Waals surface area (Å²) in [7, 11) is 0. The van der Waals surface area contributed by atoms with Gasteiger partial charge in [-0.3, -0.25) is 4.79 Å². The van der Waals surface area contributed by atoms with Crippen molar-refractivity contribution in [1.29, 1.82) is 0 Å². The summed E-state index contributed by atoms with van der Waals surface area (Å²) >= 11 is 0. The molecule has 182 valence electrons. The average molecular weight is 467 g/mol. The Morgan fingerprint density at radius 1 is 1.09 bits per heavy atom. The summed E-state index contributed by atoms with van der Waals surface area (Å²) in [6.07, 6.45) is 1.91. The number of benzene rings is 1. The highest BCUT2D eigenvalue weighted by Crippen LogP contribution is 2.19. The Bertz CT molecular complexity index is 939. The third-order valence-corrected chi connectivity index (χ3v) is 6.15. The lowest BCUT2D eigenvalue weighted by Gasteiger charge is -2.36. The number of hydrogen-bond acceptors (Lipinski definition) is 6. The zero-order chi connectivity index (χ0) is 23.9. The summed E-state index contributed by atoms with van der Waals surface area (Å²) in [4.78, 5) is 31.3. The fraction of sp³-hybridized carbons (Fsp3) is 0.520. The Morgan fingerprint density at radius 2 is 1.85 bits per heavy atom. The van der Waals surface area contributed by atoms with Crippen LogP contribution in [0.4, 0.5) is 10.6 Å². The number of carbonyl (C=O) groups is 2. The molecule has 34 heavy (non-hydrogen) atoms. The first-order chi connectivity index (χ1) is 16.5. The van der Waals surface area contributed by atoms with E-state index in [-0.39, 0.29) is 30.6 Å². The van der Waals surface area contributed by atoms with E-state index in [0.29, 0.717) is 32.7 Å². The lowest BCUT2D eigenvalue weighted by atomic mass is 10.1. The Balaban J connectivity index is 1.31. The summed E-state index contributed by atoms with van der Waals surface area (Å²) in [6, 6.07) is 13.7. The van der Waals surface area contributed by atoms with E-state index in [2.05, 4.69) is 20.4 Å². The predicted octanol–water partition coefficient (Wildman–Crippen LogP) is 2.39. The molecule has 3 heterocycles. The van der Waals surface area contributed by atoms with Crippen LogP contribution in [0.15, 0.2) is 42.5 Å². The maximum atomic E-state index is 13.0. The van der Waals surface area contributed by atoms with Gasteiger partial charge in [-0.1, -0.05) is 30.3 Å². The number of nitrogens with zero attached hydrogens (tertiary/aromatic N) is 5. The van der Waals surface area contributed by atoms with Crippen molar-refractivity contribution in [3.63, 3.8) is 0 Å². The smallest absolute Gasteiger partial charge is 0.318 e. The number of ether oxygens (including phenoxy) is 1. The van der Waals surface area contributed by atoms with Crippen LogP contribution in [0.25, 0.3) is 11.3 Å². The number of piperazine rings is 1. The van der Waals surface area contributed by atoms with Gasteiger partial charge in [0.15, 0.2) is 5.82 Å². The minimum absolute atomic E-state index is 0.00000768. The van der Waals surface area contributed by atoms with Crippen LogP contribution in [-0.2, 0) is 9.53 Å². The number of nitrogens with one attached hydrogen (secondary N) is 1. The van der Waals surface area contributed by atoms with Crippen LogP contribution in [0.2, 0.25) is 0 Å². The Labute approximate surface area is 201 Å². The van der Waals surface area contributed by atoms with Crippen molar-refractivity contribution in [3.8, 4) is 11.3 Å². The van der Waals surface area contributed by atoms with Gasteiger partial charge in [0, 0.05) is 50.9 Å². The molecule has 2 saturated heterocycles. The third kappa shape index (κ3) is 6.22. The molecule has 1 aromatic carbocycles. The maximum Gasteiger partial charge on any atom is 0.318 e. The van der Waals surface area contributed by atoms with Gasteiger partial charge < -0.3 is 24.8 Å². The first-order valence-electron chi connectivity index (χ1n) is 12.1. The summed E-state index contributed by atoms with van der Waals surface area (Å²) in [6.45, 7) is 7.56. The van der Waals surface area contributed by atoms with Gasteiger partial charge >= 0.3 is 6.03 Å². The third-order valence-electron chi connectivity index (χ3n) is 6.15. The van der Waals surface area contributed by atoms with Gasteiger partial charge in [0.05, 0.1) is 11.8 Å². The molecule has 1 unspecified atom stereocenters. The van der Waals surface area contributed by atoms with E-state index in [9.17, 15) is 9.59 Å². The zero-order valence-corrected chi connectivity index (χ0v) is 20.0. The monoisotopic (exact) mass is 466 g/mol. The van der Waals surface area contributed by atoms with Crippen molar-refractivity contribution < 1.29 is 14.3 Å². The molecule has 1 aromatic heterocycles. The molecule has 0 saturated carbocycles. The van der Waals surface area contributed by atoms with Crippen LogP contribution in [-0.4, -0.2) is 90.0 Å². The summed E-state index contributed by atoms with van der Waals surface area (Å²) in [5.74, 6) is 0.769. The van der Waals surface area contributed by atoms with E-state index in [0.717, 1.165) is 36.5 Å². The molecular weight excluding hydrogens is 432 g/mol. The molecule has 0 radical (unpaired) electrons. The number of rotatable bonds is 7. The number of aromatic nitrogens is 2. The average Bonchev–Trinajstić information content (AvgIpc) is 3.37. The lowest BCUT2D eigenvalue weighted by Crippen LogP contribution is -2.54. The SMILES string of the molecule is CC(C)NC(=O)N(CC(=O)N1CCN(c2ccc(-c3ccccc3)nn2)CC1)CC1CCCO1. The van der Waals surface area contributed by atoms with Crippen molar-refractivity contribution in [3.05, 3.63) is 42.5 Å². The maximum absolute atomic E-state index is 13.0. The highest BCUT2D eigenvalue weighted by atomic mass is 16.5. The number of anilines is 1. The van der Waals surface area contributed by atoms with E-state index >= 15 is 0 Å². The molecule has 9 nitrogen and oxygen atoms in total. The van der Waals surface area contributed by atoms with Gasteiger partial charge in [-0.25, -0.2) is 4.79 Å².